The molecule has 0 saturated heterocycles. The Morgan fingerprint density at radius 1 is 1.45 bits per heavy atom. The van der Waals surface area contributed by atoms with Gasteiger partial charge >= 0.3 is 5.97 Å². The third kappa shape index (κ3) is 5.50. The average Bonchev–Trinajstić information content (AvgIpc) is 2.43. The van der Waals surface area contributed by atoms with E-state index < -0.39 is 12.0 Å². The van der Waals surface area contributed by atoms with E-state index in [0.29, 0.717) is 17.2 Å². The molecule has 1 amide bonds. The van der Waals surface area contributed by atoms with Gasteiger partial charge < -0.3 is 20.9 Å². The van der Waals surface area contributed by atoms with Gasteiger partial charge in [-0.05, 0) is 12.1 Å². The van der Waals surface area contributed by atoms with Crippen molar-refractivity contribution in [1.82, 2.24) is 0 Å². The summed E-state index contributed by atoms with van der Waals surface area (Å²) in [5, 5.41) is 11.4. The molecule has 0 aliphatic heterocycles. The number of aliphatic carboxylic acids is 1. The highest BCUT2D eigenvalue weighted by molar-refractivity contribution is 7.99. The first-order chi connectivity index (χ1) is 9.54. The van der Waals surface area contributed by atoms with Crippen molar-refractivity contribution < 1.29 is 19.4 Å². The van der Waals surface area contributed by atoms with Crippen LogP contribution in [0.15, 0.2) is 24.3 Å². The summed E-state index contributed by atoms with van der Waals surface area (Å²) < 4.78 is 5.13. The average molecular weight is 298 g/mol. The number of thioether (sulfide) groups is 1. The topological polar surface area (TPSA) is 102 Å². The van der Waals surface area contributed by atoms with Crippen LogP contribution in [0.1, 0.15) is 6.42 Å². The molecule has 1 atom stereocenters. The number of hydrogen-bond acceptors (Lipinski definition) is 5. The van der Waals surface area contributed by atoms with Crippen molar-refractivity contribution in [1.29, 1.82) is 0 Å². The molecule has 1 aromatic rings. The Labute approximate surface area is 121 Å². The molecule has 0 bridgehead atoms. The first-order valence-corrected chi connectivity index (χ1v) is 7.19. The zero-order chi connectivity index (χ0) is 15.0. The van der Waals surface area contributed by atoms with Crippen molar-refractivity contribution >= 4 is 29.3 Å². The molecule has 0 aromatic heterocycles. The van der Waals surface area contributed by atoms with Crippen molar-refractivity contribution in [3.63, 3.8) is 0 Å². The van der Waals surface area contributed by atoms with E-state index in [1.165, 1.54) is 18.9 Å². The number of ether oxygens (including phenoxy) is 1. The molecule has 0 radical (unpaired) electrons. The normalized spacial score (nSPS) is 11.7. The monoisotopic (exact) mass is 298 g/mol. The van der Waals surface area contributed by atoms with Crippen molar-refractivity contribution in [2.45, 2.75) is 12.5 Å². The molecule has 6 nitrogen and oxygen atoms in total. The maximum Gasteiger partial charge on any atom is 0.321 e. The molecule has 0 spiro atoms. The highest BCUT2D eigenvalue weighted by atomic mass is 32.2. The van der Waals surface area contributed by atoms with Crippen LogP contribution in [0.5, 0.6) is 5.75 Å². The summed E-state index contributed by atoms with van der Waals surface area (Å²) >= 11 is 1.34. The summed E-state index contributed by atoms with van der Waals surface area (Å²) in [6.45, 7) is 0. The Morgan fingerprint density at radius 3 is 2.80 bits per heavy atom. The molecule has 1 rings (SSSR count). The number of amides is 1. The maximum atomic E-state index is 11.7. The summed E-state index contributed by atoms with van der Waals surface area (Å²) in [4.78, 5) is 22.2. The second-order valence-corrected chi connectivity index (χ2v) is 5.17. The van der Waals surface area contributed by atoms with E-state index in [2.05, 4.69) is 5.32 Å². The van der Waals surface area contributed by atoms with Gasteiger partial charge in [-0.1, -0.05) is 12.1 Å². The highest BCUT2D eigenvalue weighted by Gasteiger charge is 2.11. The van der Waals surface area contributed by atoms with Crippen molar-refractivity contribution in [2.24, 2.45) is 5.73 Å². The highest BCUT2D eigenvalue weighted by Crippen LogP contribution is 2.23. The van der Waals surface area contributed by atoms with Gasteiger partial charge in [-0.15, -0.1) is 0 Å². The first-order valence-electron chi connectivity index (χ1n) is 6.03. The van der Waals surface area contributed by atoms with E-state index in [-0.39, 0.29) is 18.1 Å². The summed E-state index contributed by atoms with van der Waals surface area (Å²) in [7, 11) is 1.54. The number of nitrogens with one attached hydrogen (secondary N) is 1. The lowest BCUT2D eigenvalue weighted by atomic mass is 10.3. The lowest BCUT2D eigenvalue weighted by molar-refractivity contribution is -0.137. The smallest absolute Gasteiger partial charge is 0.321 e. The van der Waals surface area contributed by atoms with E-state index in [9.17, 15) is 9.59 Å². The number of rotatable bonds is 8. The molecule has 4 N–H and O–H groups in total. The van der Waals surface area contributed by atoms with E-state index in [1.807, 2.05) is 6.07 Å². The quantitative estimate of drug-likeness (QED) is 0.623. The van der Waals surface area contributed by atoms with E-state index in [0.717, 1.165) is 0 Å². The predicted octanol–water partition coefficient (Wildman–Crippen LogP) is 1.17. The molecule has 0 aliphatic carbocycles. The third-order valence-electron chi connectivity index (χ3n) is 2.47. The Hall–Kier alpha value is -1.73. The van der Waals surface area contributed by atoms with Gasteiger partial charge in [0.25, 0.3) is 0 Å². The number of methoxy groups -OCH3 is 1. The van der Waals surface area contributed by atoms with E-state index >= 15 is 0 Å². The molecule has 0 aliphatic rings. The van der Waals surface area contributed by atoms with Crippen LogP contribution in [0.25, 0.3) is 0 Å². The van der Waals surface area contributed by atoms with Gasteiger partial charge in [0.2, 0.25) is 5.91 Å². The van der Waals surface area contributed by atoms with Crippen LogP contribution >= 0.6 is 11.8 Å². The van der Waals surface area contributed by atoms with Gasteiger partial charge in [0, 0.05) is 17.9 Å². The molecule has 0 fully saturated rings. The fraction of sp³-hybridized carbons (Fsp3) is 0.385. The Bertz CT molecular complexity index is 467. The molecular weight excluding hydrogens is 280 g/mol. The molecule has 1 aromatic carbocycles. The van der Waals surface area contributed by atoms with Crippen LogP contribution in [-0.2, 0) is 9.59 Å². The van der Waals surface area contributed by atoms with Crippen LogP contribution < -0.4 is 15.8 Å². The largest absolute Gasteiger partial charge is 0.495 e. The van der Waals surface area contributed by atoms with Gasteiger partial charge in [-0.3, -0.25) is 9.59 Å². The van der Waals surface area contributed by atoms with Gasteiger partial charge in [-0.2, -0.15) is 11.8 Å². The SMILES string of the molecule is COc1ccccc1NC(=O)CCSCC(N)C(=O)O. The number of carbonyl (C=O) groups is 2. The maximum absolute atomic E-state index is 11.7. The van der Waals surface area contributed by atoms with Crippen LogP contribution in [0, 0.1) is 0 Å². The minimum Gasteiger partial charge on any atom is -0.495 e. The van der Waals surface area contributed by atoms with Crippen molar-refractivity contribution in [3.05, 3.63) is 24.3 Å². The van der Waals surface area contributed by atoms with E-state index in [1.54, 1.807) is 18.2 Å². The summed E-state index contributed by atoms with van der Waals surface area (Å²) in [5.41, 5.74) is 5.98. The van der Waals surface area contributed by atoms with Crippen LogP contribution in [-0.4, -0.2) is 41.6 Å². The predicted molar refractivity (Wildman–Crippen MR) is 79.2 cm³/mol. The number of para-hydroxylation sites is 2. The fourth-order valence-corrected chi connectivity index (χ4v) is 2.30. The van der Waals surface area contributed by atoms with Crippen LogP contribution in [0.2, 0.25) is 0 Å². The van der Waals surface area contributed by atoms with Crippen molar-refractivity contribution in [2.75, 3.05) is 23.9 Å². The van der Waals surface area contributed by atoms with Gasteiger partial charge in [-0.25, -0.2) is 0 Å². The number of carboxylic acid groups (broad SMARTS) is 1. The molecule has 0 heterocycles. The minimum atomic E-state index is -1.03. The Kier molecular flexibility index (Phi) is 6.89. The first kappa shape index (κ1) is 16.3. The zero-order valence-corrected chi connectivity index (χ0v) is 12.0. The summed E-state index contributed by atoms with van der Waals surface area (Å²) in [6, 6.07) is 6.24. The van der Waals surface area contributed by atoms with Gasteiger partial charge in [0.05, 0.1) is 12.8 Å². The summed E-state index contributed by atoms with van der Waals surface area (Å²) in [6.07, 6.45) is 0.287. The summed E-state index contributed by atoms with van der Waals surface area (Å²) in [5.74, 6) is 0.224. The van der Waals surface area contributed by atoms with Crippen molar-refractivity contribution in [3.8, 4) is 5.75 Å². The zero-order valence-electron chi connectivity index (χ0n) is 11.2. The number of benzene rings is 1. The number of hydrogen-bond donors (Lipinski definition) is 3. The van der Waals surface area contributed by atoms with Crippen LogP contribution in [0.4, 0.5) is 5.69 Å². The molecule has 110 valence electrons. The van der Waals surface area contributed by atoms with Crippen LogP contribution in [0.3, 0.4) is 0 Å². The Morgan fingerprint density at radius 2 is 2.15 bits per heavy atom. The number of carboxylic acids is 1. The second kappa shape index (κ2) is 8.44. The van der Waals surface area contributed by atoms with Gasteiger partial charge in [0.15, 0.2) is 0 Å². The second-order valence-electron chi connectivity index (χ2n) is 4.02. The number of anilines is 1. The Balaban J connectivity index is 2.32. The molecule has 0 saturated carbocycles. The third-order valence-corrected chi connectivity index (χ3v) is 3.56. The lowest BCUT2D eigenvalue weighted by Crippen LogP contribution is -2.32. The molecule has 1 unspecified atom stereocenters. The minimum absolute atomic E-state index is 0.147. The molecule has 20 heavy (non-hydrogen) atoms. The number of carbonyl (C=O) groups excluding carboxylic acids is 1. The fourth-order valence-electron chi connectivity index (χ4n) is 1.41. The lowest BCUT2D eigenvalue weighted by Gasteiger charge is -2.10. The van der Waals surface area contributed by atoms with E-state index in [4.69, 9.17) is 15.6 Å². The molecule has 7 heteroatoms. The molecular formula is C13H18N2O4S. The standard InChI is InChI=1S/C13H18N2O4S/c1-19-11-5-3-2-4-10(11)15-12(16)6-7-20-8-9(14)13(17)18/h2-5,9H,6-8,14H2,1H3,(H,15,16)(H,17,18). The van der Waals surface area contributed by atoms with Gasteiger partial charge in [0.1, 0.15) is 11.8 Å². The number of nitrogens with two attached hydrogens (primary N) is 1.